The van der Waals surface area contributed by atoms with E-state index in [0.717, 1.165) is 37.7 Å². The summed E-state index contributed by atoms with van der Waals surface area (Å²) in [6.45, 7) is 5.03. The van der Waals surface area contributed by atoms with Crippen molar-refractivity contribution >= 4 is 35.8 Å². The molecule has 0 aliphatic heterocycles. The second-order valence-electron chi connectivity index (χ2n) is 7.34. The summed E-state index contributed by atoms with van der Waals surface area (Å²) in [5, 5.41) is 6.84. The molecular weight excluding hydrogens is 483 g/mol. The fraction of sp³-hybridized carbons (Fsp3) is 0.619. The van der Waals surface area contributed by atoms with Gasteiger partial charge in [0.25, 0.3) is 5.91 Å². The lowest BCUT2D eigenvalue weighted by atomic mass is 9.83. The first-order valence-corrected chi connectivity index (χ1v) is 10.1. The number of carbonyl (C=O) groups is 1. The minimum Gasteiger partial charge on any atom is -0.484 e. The van der Waals surface area contributed by atoms with Crippen LogP contribution in [-0.2, 0) is 16.1 Å². The topological polar surface area (TPSA) is 98.0 Å². The third-order valence-electron chi connectivity index (χ3n) is 5.24. The largest absolute Gasteiger partial charge is 0.484 e. The summed E-state index contributed by atoms with van der Waals surface area (Å²) in [6.07, 6.45) is 6.15. The van der Waals surface area contributed by atoms with E-state index in [0.29, 0.717) is 17.7 Å². The minimum atomic E-state index is -0.488. The fourth-order valence-corrected chi connectivity index (χ4v) is 3.65. The number of nitrogens with one attached hydrogen (secondary N) is 2. The van der Waals surface area contributed by atoms with Gasteiger partial charge >= 0.3 is 0 Å². The molecule has 1 aliphatic rings. The molecule has 164 valence electrons. The predicted octanol–water partition coefficient (Wildman–Crippen LogP) is 2.82. The van der Waals surface area contributed by atoms with Crippen LogP contribution in [0, 0.1) is 5.41 Å². The Morgan fingerprint density at radius 2 is 2.03 bits per heavy atom. The number of nitrogens with two attached hydrogens (primary N) is 1. The number of primary amides is 1. The Morgan fingerprint density at radius 1 is 1.28 bits per heavy atom. The van der Waals surface area contributed by atoms with Crippen molar-refractivity contribution in [3.8, 4) is 5.75 Å². The second kappa shape index (κ2) is 13.6. The van der Waals surface area contributed by atoms with Crippen molar-refractivity contribution in [3.63, 3.8) is 0 Å². The Hall–Kier alpha value is -1.55. The van der Waals surface area contributed by atoms with Crippen molar-refractivity contribution in [3.05, 3.63) is 29.8 Å². The van der Waals surface area contributed by atoms with Crippen LogP contribution >= 0.6 is 24.0 Å². The zero-order valence-electron chi connectivity index (χ0n) is 17.5. The van der Waals surface area contributed by atoms with Gasteiger partial charge in [0.15, 0.2) is 12.6 Å². The van der Waals surface area contributed by atoms with E-state index in [1.165, 1.54) is 25.7 Å². The maximum Gasteiger partial charge on any atom is 0.255 e. The first-order chi connectivity index (χ1) is 13.6. The monoisotopic (exact) mass is 518 g/mol. The second-order valence-corrected chi connectivity index (χ2v) is 7.34. The Kier molecular flexibility index (Phi) is 12.0. The molecule has 1 fully saturated rings. The molecule has 2 rings (SSSR count). The number of rotatable bonds is 11. The Labute approximate surface area is 191 Å². The van der Waals surface area contributed by atoms with Gasteiger partial charge in [-0.2, -0.15) is 0 Å². The van der Waals surface area contributed by atoms with E-state index in [1.54, 1.807) is 7.05 Å². The maximum absolute atomic E-state index is 10.9. The van der Waals surface area contributed by atoms with Crippen LogP contribution in [0.1, 0.15) is 44.6 Å². The molecule has 0 spiro atoms. The number of ether oxygens (including phenoxy) is 2. The van der Waals surface area contributed by atoms with Gasteiger partial charge in [-0.25, -0.2) is 0 Å². The first kappa shape index (κ1) is 25.5. The Balaban J connectivity index is 0.00000420. The molecule has 0 atom stereocenters. The average molecular weight is 518 g/mol. The first-order valence-electron chi connectivity index (χ1n) is 10.1. The van der Waals surface area contributed by atoms with Crippen LogP contribution in [0.15, 0.2) is 29.3 Å². The van der Waals surface area contributed by atoms with Gasteiger partial charge in [0, 0.05) is 33.4 Å². The molecule has 7 nitrogen and oxygen atoms in total. The van der Waals surface area contributed by atoms with E-state index >= 15 is 0 Å². The highest BCUT2D eigenvalue weighted by atomic mass is 127. The molecule has 1 saturated carbocycles. The molecule has 4 N–H and O–H groups in total. The molecular formula is C21H35IN4O3. The van der Waals surface area contributed by atoms with Gasteiger partial charge in [0.05, 0.1) is 0 Å². The van der Waals surface area contributed by atoms with Gasteiger partial charge in [-0.3, -0.25) is 9.79 Å². The third-order valence-corrected chi connectivity index (χ3v) is 5.24. The molecule has 1 aliphatic carbocycles. The molecule has 1 amide bonds. The summed E-state index contributed by atoms with van der Waals surface area (Å²) < 4.78 is 10.9. The van der Waals surface area contributed by atoms with E-state index in [9.17, 15) is 4.79 Å². The highest BCUT2D eigenvalue weighted by Crippen LogP contribution is 2.40. The Bertz CT molecular complexity index is 649. The van der Waals surface area contributed by atoms with Crippen LogP contribution in [0.4, 0.5) is 0 Å². The van der Waals surface area contributed by atoms with E-state index in [1.807, 2.05) is 31.2 Å². The molecule has 1 aromatic carbocycles. The smallest absolute Gasteiger partial charge is 0.255 e. The summed E-state index contributed by atoms with van der Waals surface area (Å²) in [5.41, 5.74) is 6.46. The number of hydrogen-bond acceptors (Lipinski definition) is 4. The molecule has 0 heterocycles. The summed E-state index contributed by atoms with van der Waals surface area (Å²) in [4.78, 5) is 15.2. The average Bonchev–Trinajstić information content (AvgIpc) is 3.16. The molecule has 8 heteroatoms. The number of aliphatic imine (C=N–C) groups is 1. The SMILES string of the molecule is CCOCCC1(CNC(=NC)NCc2cccc(OCC(N)=O)c2)CCCC1.I. The number of carbonyl (C=O) groups excluding carboxylic acids is 1. The molecule has 0 bridgehead atoms. The third kappa shape index (κ3) is 9.20. The molecule has 0 saturated heterocycles. The van der Waals surface area contributed by atoms with Crippen LogP contribution in [0.5, 0.6) is 5.75 Å². The highest BCUT2D eigenvalue weighted by Gasteiger charge is 2.33. The van der Waals surface area contributed by atoms with Crippen molar-refractivity contribution in [2.45, 2.75) is 45.6 Å². The van der Waals surface area contributed by atoms with Gasteiger partial charge in [0.1, 0.15) is 5.75 Å². The van der Waals surface area contributed by atoms with Crippen LogP contribution in [-0.4, -0.2) is 45.3 Å². The zero-order chi connectivity index (χ0) is 20.2. The van der Waals surface area contributed by atoms with Crippen LogP contribution < -0.4 is 21.1 Å². The van der Waals surface area contributed by atoms with Crippen molar-refractivity contribution < 1.29 is 14.3 Å². The summed E-state index contributed by atoms with van der Waals surface area (Å²) in [6, 6.07) is 7.59. The number of guanidine groups is 1. The van der Waals surface area contributed by atoms with Crippen LogP contribution in [0.25, 0.3) is 0 Å². The van der Waals surface area contributed by atoms with Gasteiger partial charge in [-0.05, 0) is 49.3 Å². The van der Waals surface area contributed by atoms with E-state index < -0.39 is 5.91 Å². The maximum atomic E-state index is 10.9. The Morgan fingerprint density at radius 3 is 2.69 bits per heavy atom. The summed E-state index contributed by atoms with van der Waals surface area (Å²) in [5.74, 6) is 0.923. The van der Waals surface area contributed by atoms with Gasteiger partial charge < -0.3 is 25.8 Å². The molecule has 1 aromatic rings. The molecule has 29 heavy (non-hydrogen) atoms. The highest BCUT2D eigenvalue weighted by molar-refractivity contribution is 14.0. The zero-order valence-corrected chi connectivity index (χ0v) is 19.9. The van der Waals surface area contributed by atoms with Crippen molar-refractivity contribution in [1.82, 2.24) is 10.6 Å². The number of amides is 1. The van der Waals surface area contributed by atoms with Gasteiger partial charge in [0.2, 0.25) is 0 Å². The lowest BCUT2D eigenvalue weighted by Crippen LogP contribution is -2.43. The van der Waals surface area contributed by atoms with Crippen molar-refractivity contribution in [2.75, 3.05) is 33.4 Å². The number of hydrogen-bond donors (Lipinski definition) is 3. The van der Waals surface area contributed by atoms with Crippen LogP contribution in [0.3, 0.4) is 0 Å². The summed E-state index contributed by atoms with van der Waals surface area (Å²) >= 11 is 0. The van der Waals surface area contributed by atoms with E-state index in [2.05, 4.69) is 15.6 Å². The van der Waals surface area contributed by atoms with Gasteiger partial charge in [-0.1, -0.05) is 25.0 Å². The molecule has 0 aromatic heterocycles. The van der Waals surface area contributed by atoms with E-state index in [-0.39, 0.29) is 30.6 Å². The minimum absolute atomic E-state index is 0. The van der Waals surface area contributed by atoms with Gasteiger partial charge in [-0.15, -0.1) is 24.0 Å². The number of nitrogens with zero attached hydrogens (tertiary/aromatic N) is 1. The van der Waals surface area contributed by atoms with Crippen molar-refractivity contribution in [1.29, 1.82) is 0 Å². The number of benzene rings is 1. The fourth-order valence-electron chi connectivity index (χ4n) is 3.65. The van der Waals surface area contributed by atoms with Crippen molar-refractivity contribution in [2.24, 2.45) is 16.1 Å². The lowest BCUT2D eigenvalue weighted by molar-refractivity contribution is -0.119. The molecule has 0 radical (unpaired) electrons. The van der Waals surface area contributed by atoms with Crippen LogP contribution in [0.2, 0.25) is 0 Å². The standard InChI is InChI=1S/C21H34N4O3.HI/c1-3-27-12-11-21(9-4-5-10-21)16-25-20(23-2)24-14-17-7-6-8-18(13-17)28-15-19(22)26;/h6-8,13H,3-5,9-12,14-16H2,1-2H3,(H2,22,26)(H2,23,24,25);1H. The lowest BCUT2D eigenvalue weighted by Gasteiger charge is -2.30. The molecule has 0 unspecified atom stereocenters. The summed E-state index contributed by atoms with van der Waals surface area (Å²) in [7, 11) is 1.78. The van der Waals surface area contributed by atoms with E-state index in [4.69, 9.17) is 15.2 Å². The quantitative estimate of drug-likeness (QED) is 0.181. The number of halogens is 1. The predicted molar refractivity (Wildman–Crippen MR) is 127 cm³/mol. The normalized spacial score (nSPS) is 15.4.